The molecule has 0 saturated heterocycles. The van der Waals surface area contributed by atoms with Crippen LogP contribution in [0.15, 0.2) is 91.0 Å². The van der Waals surface area contributed by atoms with Gasteiger partial charge in [0.15, 0.2) is 5.78 Å². The smallest absolute Gasteiger partial charge is 0.294 e. The summed E-state index contributed by atoms with van der Waals surface area (Å²) in [5.74, 6) is -0.338. The minimum atomic E-state index is -4.40. The maximum absolute atomic E-state index is 13.0. The third kappa shape index (κ3) is 5.00. The van der Waals surface area contributed by atoms with E-state index in [9.17, 15) is 18.0 Å². The number of Topliss-reactive ketones (excluding diaryl/α,β-unsaturated/α-hetero) is 1. The van der Waals surface area contributed by atoms with Crippen molar-refractivity contribution < 1.29 is 18.0 Å². The lowest BCUT2D eigenvalue weighted by Gasteiger charge is -2.18. The van der Waals surface area contributed by atoms with Gasteiger partial charge in [0.1, 0.15) is 0 Å². The first-order chi connectivity index (χ1) is 14.9. The molecule has 0 amide bonds. The molecule has 0 N–H and O–H groups in total. The standard InChI is InChI=1S/C26H20F3NO/c27-26(28,29)22-13-10-18(11-14-22)21(17-25(31)20-7-2-1-3-8-20)16-23-15-12-19-6-4-5-9-24(19)30-23/h1-15,21H,16-17H2. The summed E-state index contributed by atoms with van der Waals surface area (Å²) in [5.41, 5.74) is 2.22. The normalized spacial score (nSPS) is 12.6. The number of halogens is 3. The van der Waals surface area contributed by atoms with E-state index in [0.29, 0.717) is 17.5 Å². The third-order valence-corrected chi connectivity index (χ3v) is 5.35. The number of benzene rings is 3. The average molecular weight is 419 g/mol. The Hall–Kier alpha value is -3.47. The zero-order valence-corrected chi connectivity index (χ0v) is 16.6. The van der Waals surface area contributed by atoms with Gasteiger partial charge in [0.2, 0.25) is 0 Å². The topological polar surface area (TPSA) is 30.0 Å². The number of carbonyl (C=O) groups excluding carboxylic acids is 1. The summed E-state index contributed by atoms with van der Waals surface area (Å²) in [6.07, 6.45) is -3.76. The molecule has 0 spiro atoms. The highest BCUT2D eigenvalue weighted by atomic mass is 19.4. The number of hydrogen-bond donors (Lipinski definition) is 0. The quantitative estimate of drug-likeness (QED) is 0.320. The number of para-hydroxylation sites is 1. The van der Waals surface area contributed by atoms with Crippen molar-refractivity contribution in [3.8, 4) is 0 Å². The van der Waals surface area contributed by atoms with E-state index >= 15 is 0 Å². The van der Waals surface area contributed by atoms with Crippen molar-refractivity contribution in [2.24, 2.45) is 0 Å². The van der Waals surface area contributed by atoms with E-state index < -0.39 is 11.7 Å². The minimum Gasteiger partial charge on any atom is -0.294 e. The lowest BCUT2D eigenvalue weighted by Crippen LogP contribution is -2.12. The molecule has 1 heterocycles. The van der Waals surface area contributed by atoms with E-state index in [1.807, 2.05) is 42.5 Å². The zero-order chi connectivity index (χ0) is 21.8. The number of carbonyl (C=O) groups is 1. The Morgan fingerprint density at radius 1 is 0.806 bits per heavy atom. The van der Waals surface area contributed by atoms with Crippen molar-refractivity contribution in [3.63, 3.8) is 0 Å². The average Bonchev–Trinajstić information content (AvgIpc) is 2.78. The molecule has 31 heavy (non-hydrogen) atoms. The molecule has 1 unspecified atom stereocenters. The Morgan fingerprint density at radius 2 is 1.48 bits per heavy atom. The zero-order valence-electron chi connectivity index (χ0n) is 16.6. The molecule has 0 fully saturated rings. The SMILES string of the molecule is O=C(CC(Cc1ccc2ccccc2n1)c1ccc(C(F)(F)F)cc1)c1ccccc1. The van der Waals surface area contributed by atoms with Crippen LogP contribution in [0.2, 0.25) is 0 Å². The monoisotopic (exact) mass is 419 g/mol. The molecule has 0 aliphatic heterocycles. The molecular weight excluding hydrogens is 399 g/mol. The van der Waals surface area contributed by atoms with Crippen LogP contribution in [0, 0.1) is 0 Å². The van der Waals surface area contributed by atoms with Gasteiger partial charge in [0.05, 0.1) is 11.1 Å². The van der Waals surface area contributed by atoms with Crippen molar-refractivity contribution >= 4 is 16.7 Å². The van der Waals surface area contributed by atoms with Gasteiger partial charge in [-0.05, 0) is 42.2 Å². The van der Waals surface area contributed by atoms with E-state index in [2.05, 4.69) is 4.98 Å². The number of rotatable bonds is 6. The molecule has 156 valence electrons. The second kappa shape index (κ2) is 8.72. The van der Waals surface area contributed by atoms with Crippen LogP contribution < -0.4 is 0 Å². The number of pyridine rings is 1. The molecule has 0 radical (unpaired) electrons. The fourth-order valence-electron chi connectivity index (χ4n) is 3.69. The van der Waals surface area contributed by atoms with Gasteiger partial charge in [-0.3, -0.25) is 9.78 Å². The largest absolute Gasteiger partial charge is 0.416 e. The van der Waals surface area contributed by atoms with Crippen molar-refractivity contribution in [2.75, 3.05) is 0 Å². The number of hydrogen-bond acceptors (Lipinski definition) is 2. The predicted molar refractivity (Wildman–Crippen MR) is 115 cm³/mol. The second-order valence-electron chi connectivity index (χ2n) is 7.51. The number of nitrogens with zero attached hydrogens (tertiary/aromatic N) is 1. The highest BCUT2D eigenvalue weighted by molar-refractivity contribution is 5.96. The molecule has 0 aliphatic rings. The van der Waals surface area contributed by atoms with Crippen LogP contribution in [-0.4, -0.2) is 10.8 Å². The number of alkyl halides is 3. The number of fused-ring (bicyclic) bond motifs is 1. The maximum atomic E-state index is 13.0. The van der Waals surface area contributed by atoms with Gasteiger partial charge < -0.3 is 0 Å². The summed E-state index contributed by atoms with van der Waals surface area (Å²) in [4.78, 5) is 17.5. The fraction of sp³-hybridized carbons (Fsp3) is 0.154. The molecule has 1 atom stereocenters. The Morgan fingerprint density at radius 3 is 2.19 bits per heavy atom. The van der Waals surface area contributed by atoms with Crippen LogP contribution in [0.4, 0.5) is 13.2 Å². The highest BCUT2D eigenvalue weighted by Gasteiger charge is 2.30. The maximum Gasteiger partial charge on any atom is 0.416 e. The molecule has 2 nitrogen and oxygen atoms in total. The molecular formula is C26H20F3NO. The Kier molecular flexibility index (Phi) is 5.85. The number of aromatic nitrogens is 1. The highest BCUT2D eigenvalue weighted by Crippen LogP contribution is 2.32. The molecule has 3 aromatic carbocycles. The van der Waals surface area contributed by atoms with Gasteiger partial charge in [-0.2, -0.15) is 13.2 Å². The van der Waals surface area contributed by atoms with Crippen LogP contribution in [0.3, 0.4) is 0 Å². The lowest BCUT2D eigenvalue weighted by molar-refractivity contribution is -0.137. The summed E-state index contributed by atoms with van der Waals surface area (Å²) in [6, 6.07) is 25.6. The summed E-state index contributed by atoms with van der Waals surface area (Å²) in [6.45, 7) is 0. The third-order valence-electron chi connectivity index (χ3n) is 5.35. The van der Waals surface area contributed by atoms with Crippen molar-refractivity contribution in [3.05, 3.63) is 113 Å². The summed E-state index contributed by atoms with van der Waals surface area (Å²) in [7, 11) is 0. The predicted octanol–water partition coefficient (Wildman–Crippen LogP) is 6.85. The van der Waals surface area contributed by atoms with Gasteiger partial charge in [-0.15, -0.1) is 0 Å². The van der Waals surface area contributed by atoms with E-state index in [1.54, 1.807) is 24.3 Å². The van der Waals surface area contributed by atoms with E-state index in [0.717, 1.165) is 28.7 Å². The van der Waals surface area contributed by atoms with Crippen LogP contribution in [0.1, 0.15) is 39.5 Å². The number of ketones is 1. The van der Waals surface area contributed by atoms with Gasteiger partial charge in [0, 0.05) is 23.1 Å². The molecule has 5 heteroatoms. The molecule has 0 bridgehead atoms. The van der Waals surface area contributed by atoms with Crippen LogP contribution >= 0.6 is 0 Å². The van der Waals surface area contributed by atoms with Crippen molar-refractivity contribution in [2.45, 2.75) is 24.9 Å². The molecule has 0 saturated carbocycles. The van der Waals surface area contributed by atoms with E-state index in [4.69, 9.17) is 0 Å². The van der Waals surface area contributed by atoms with Gasteiger partial charge in [-0.1, -0.05) is 66.7 Å². The van der Waals surface area contributed by atoms with E-state index in [1.165, 1.54) is 12.1 Å². The minimum absolute atomic E-state index is 0.0497. The Balaban J connectivity index is 1.65. The summed E-state index contributed by atoms with van der Waals surface area (Å²) < 4.78 is 38.9. The Bertz CT molecular complexity index is 1180. The van der Waals surface area contributed by atoms with Crippen LogP contribution in [0.25, 0.3) is 10.9 Å². The Labute approximate surface area is 178 Å². The summed E-state index contributed by atoms with van der Waals surface area (Å²) >= 11 is 0. The van der Waals surface area contributed by atoms with Crippen LogP contribution in [-0.2, 0) is 12.6 Å². The molecule has 1 aromatic heterocycles. The van der Waals surface area contributed by atoms with Gasteiger partial charge in [0.25, 0.3) is 0 Å². The van der Waals surface area contributed by atoms with Crippen molar-refractivity contribution in [1.82, 2.24) is 4.98 Å². The van der Waals surface area contributed by atoms with Crippen LogP contribution in [0.5, 0.6) is 0 Å². The fourth-order valence-corrected chi connectivity index (χ4v) is 3.69. The van der Waals surface area contributed by atoms with Gasteiger partial charge in [-0.25, -0.2) is 0 Å². The van der Waals surface area contributed by atoms with Gasteiger partial charge >= 0.3 is 6.18 Å². The first-order valence-electron chi connectivity index (χ1n) is 10.0. The summed E-state index contributed by atoms with van der Waals surface area (Å²) in [5, 5.41) is 1.01. The molecule has 4 aromatic rings. The first-order valence-corrected chi connectivity index (χ1v) is 10.0. The lowest BCUT2D eigenvalue weighted by atomic mass is 9.87. The molecule has 0 aliphatic carbocycles. The molecule has 4 rings (SSSR count). The second-order valence-corrected chi connectivity index (χ2v) is 7.51. The van der Waals surface area contributed by atoms with E-state index in [-0.39, 0.29) is 18.1 Å². The van der Waals surface area contributed by atoms with Crippen molar-refractivity contribution in [1.29, 1.82) is 0 Å². The first kappa shape index (κ1) is 20.8.